The fourth-order valence-electron chi connectivity index (χ4n) is 2.26. The molecule has 2 aromatic rings. The normalized spacial score (nSPS) is 11.8. The predicted molar refractivity (Wildman–Crippen MR) is 94.5 cm³/mol. The molecule has 0 aliphatic heterocycles. The molecule has 0 spiro atoms. The van der Waals surface area contributed by atoms with Gasteiger partial charge in [-0.15, -0.1) is 0 Å². The van der Waals surface area contributed by atoms with Gasteiger partial charge in [0, 0.05) is 5.56 Å². The maximum absolute atomic E-state index is 15.3. The zero-order valence-electron chi connectivity index (χ0n) is 13.2. The first kappa shape index (κ1) is 19.4. The van der Waals surface area contributed by atoms with Gasteiger partial charge in [-0.05, 0) is 22.6 Å². The van der Waals surface area contributed by atoms with Crippen LogP contribution in [-0.2, 0) is 26.5 Å². The second kappa shape index (κ2) is 8.47. The lowest BCUT2D eigenvalue weighted by Crippen LogP contribution is -2.19. The zero-order chi connectivity index (χ0) is 18.3. The Morgan fingerprint density at radius 1 is 0.960 bits per heavy atom. The highest BCUT2D eigenvalue weighted by Gasteiger charge is 2.51. The number of nitriles is 2. The van der Waals surface area contributed by atoms with Gasteiger partial charge < -0.3 is 9.05 Å². The fourth-order valence-corrected chi connectivity index (χ4v) is 4.55. The Bertz CT molecular complexity index is 848. The van der Waals surface area contributed by atoms with Crippen molar-refractivity contribution in [1.82, 2.24) is 0 Å². The largest absolute Gasteiger partial charge is 0.346 e. The lowest BCUT2D eigenvalue weighted by molar-refractivity contribution is 0.0554. The van der Waals surface area contributed by atoms with E-state index in [4.69, 9.17) is 31.4 Å². The van der Waals surface area contributed by atoms with Crippen LogP contribution in [0.25, 0.3) is 10.8 Å². The maximum Gasteiger partial charge on any atom is 0.346 e. The smallest absolute Gasteiger partial charge is 0.324 e. The summed E-state index contributed by atoms with van der Waals surface area (Å²) in [6.07, 6.45) is -0.156. The third-order valence-corrected chi connectivity index (χ3v) is 6.70. The minimum atomic E-state index is -4.11. The summed E-state index contributed by atoms with van der Waals surface area (Å²) in [4.78, 5) is 0. The van der Waals surface area contributed by atoms with E-state index in [1.165, 1.54) is 12.1 Å². The molecule has 0 radical (unpaired) electrons. The van der Waals surface area contributed by atoms with Crippen LogP contribution in [-0.4, -0.2) is 13.2 Å². The molecule has 130 valence electrons. The van der Waals surface area contributed by atoms with Crippen LogP contribution in [0, 0.1) is 22.7 Å². The van der Waals surface area contributed by atoms with Gasteiger partial charge in [0.05, 0.1) is 38.2 Å². The van der Waals surface area contributed by atoms with Gasteiger partial charge >= 0.3 is 5.66 Å². The number of halogens is 2. The molecule has 0 saturated heterocycles. The minimum absolute atomic E-state index is 0.0778. The van der Waals surface area contributed by atoms with Crippen LogP contribution in [0.1, 0.15) is 18.4 Å². The van der Waals surface area contributed by atoms with Gasteiger partial charge in [-0.1, -0.05) is 42.5 Å². The fraction of sp³-hybridized carbons (Fsp3) is 0.294. The second-order valence-electron chi connectivity index (χ2n) is 5.05. The summed E-state index contributed by atoms with van der Waals surface area (Å²) in [5.74, 6) is 0. The van der Waals surface area contributed by atoms with Crippen LogP contribution in [0.2, 0.25) is 0 Å². The highest BCUT2D eigenvalue weighted by Crippen LogP contribution is 2.67. The summed E-state index contributed by atoms with van der Waals surface area (Å²) in [5.41, 5.74) is -3.84. The molecule has 0 aliphatic rings. The minimum Gasteiger partial charge on any atom is -0.324 e. The van der Waals surface area contributed by atoms with E-state index in [0.717, 1.165) is 0 Å². The van der Waals surface area contributed by atoms with Crippen molar-refractivity contribution in [3.63, 3.8) is 0 Å². The van der Waals surface area contributed by atoms with Crippen LogP contribution in [0.15, 0.2) is 42.5 Å². The van der Waals surface area contributed by atoms with Gasteiger partial charge in [-0.25, -0.2) is 0 Å². The van der Waals surface area contributed by atoms with E-state index in [9.17, 15) is 0 Å². The SMILES string of the molecule is N#CCCOP(=S)(OCCC#N)C(F)(F)c1cccc2ccccc12. The molecule has 25 heavy (non-hydrogen) atoms. The third kappa shape index (κ3) is 4.21. The molecule has 0 atom stereocenters. The summed E-state index contributed by atoms with van der Waals surface area (Å²) in [5, 5.41) is 18.2. The summed E-state index contributed by atoms with van der Waals surface area (Å²) in [6.45, 7) is -4.61. The molecule has 0 fully saturated rings. The van der Waals surface area contributed by atoms with Gasteiger partial charge in [-0.2, -0.15) is 19.3 Å². The van der Waals surface area contributed by atoms with Gasteiger partial charge in [0.25, 0.3) is 6.49 Å². The number of alkyl halides is 2. The van der Waals surface area contributed by atoms with Crippen molar-refractivity contribution in [2.75, 3.05) is 13.2 Å². The quantitative estimate of drug-likeness (QED) is 0.473. The molecule has 0 bridgehead atoms. The Hall–Kier alpha value is -1.89. The summed E-state index contributed by atoms with van der Waals surface area (Å²) in [7, 11) is 0. The third-order valence-electron chi connectivity index (χ3n) is 3.41. The Kier molecular flexibility index (Phi) is 6.58. The van der Waals surface area contributed by atoms with Crippen LogP contribution in [0.4, 0.5) is 8.78 Å². The first-order valence-corrected chi connectivity index (χ1v) is 10.1. The highest BCUT2D eigenvalue weighted by molar-refractivity contribution is 8.10. The van der Waals surface area contributed by atoms with Crippen molar-refractivity contribution in [3.05, 3.63) is 48.0 Å². The van der Waals surface area contributed by atoms with Crippen molar-refractivity contribution in [2.24, 2.45) is 0 Å². The molecular formula is C17H15F2N2O2PS. The molecule has 0 aromatic heterocycles. The lowest BCUT2D eigenvalue weighted by Gasteiger charge is -2.30. The van der Waals surface area contributed by atoms with Crippen molar-refractivity contribution in [1.29, 1.82) is 10.5 Å². The average molecular weight is 380 g/mol. The molecule has 4 nitrogen and oxygen atoms in total. The highest BCUT2D eigenvalue weighted by atomic mass is 32.5. The molecule has 0 heterocycles. The number of benzene rings is 2. The van der Waals surface area contributed by atoms with E-state index in [1.807, 2.05) is 12.1 Å². The van der Waals surface area contributed by atoms with E-state index in [0.29, 0.717) is 10.8 Å². The number of hydrogen-bond acceptors (Lipinski definition) is 5. The molecule has 0 N–H and O–H groups in total. The molecule has 0 aliphatic carbocycles. The molecule has 0 unspecified atom stereocenters. The number of hydrogen-bond donors (Lipinski definition) is 0. The first-order chi connectivity index (χ1) is 12.0. The van der Waals surface area contributed by atoms with Gasteiger partial charge in [-0.3, -0.25) is 0 Å². The number of nitrogens with zero attached hydrogens (tertiary/aromatic N) is 2. The van der Waals surface area contributed by atoms with E-state index in [2.05, 4.69) is 0 Å². The number of rotatable bonds is 8. The molecule has 2 rings (SSSR count). The van der Waals surface area contributed by atoms with Gasteiger partial charge in [0.15, 0.2) is 0 Å². The lowest BCUT2D eigenvalue weighted by atomic mass is 10.1. The first-order valence-electron chi connectivity index (χ1n) is 7.45. The van der Waals surface area contributed by atoms with E-state index < -0.39 is 12.2 Å². The summed E-state index contributed by atoms with van der Waals surface area (Å²) < 4.78 is 41.1. The molecular weight excluding hydrogens is 365 g/mol. The molecule has 2 aromatic carbocycles. The number of fused-ring (bicyclic) bond motifs is 1. The average Bonchev–Trinajstić information content (AvgIpc) is 2.61. The molecule has 0 amide bonds. The van der Waals surface area contributed by atoms with Crippen molar-refractivity contribution in [2.45, 2.75) is 18.5 Å². The Balaban J connectivity index is 2.47. The maximum atomic E-state index is 15.3. The van der Waals surface area contributed by atoms with Gasteiger partial charge in [0.2, 0.25) is 0 Å². The zero-order valence-corrected chi connectivity index (χ0v) is 14.9. The molecule has 0 saturated carbocycles. The van der Waals surface area contributed by atoms with Crippen LogP contribution < -0.4 is 0 Å². The van der Waals surface area contributed by atoms with Crippen LogP contribution in [0.3, 0.4) is 0 Å². The van der Waals surface area contributed by atoms with Crippen LogP contribution >= 0.6 is 6.49 Å². The Labute approximate surface area is 149 Å². The predicted octanol–water partition coefficient (Wildman–Crippen LogP) is 5.06. The second-order valence-corrected chi connectivity index (χ2v) is 8.56. The standard InChI is InChI=1S/C17H15F2N2O2PS/c18-17(19,16-9-3-7-14-6-1-2-8-15(14)16)24(25,22-12-4-10-20)23-13-5-11-21/h1-3,6-9H,4-5,12-13H2. The van der Waals surface area contributed by atoms with Gasteiger partial charge in [0.1, 0.15) is 0 Å². The topological polar surface area (TPSA) is 66.0 Å². The van der Waals surface area contributed by atoms with Crippen molar-refractivity contribution >= 4 is 29.1 Å². The van der Waals surface area contributed by atoms with Crippen LogP contribution in [0.5, 0.6) is 0 Å². The Morgan fingerprint density at radius 3 is 2.12 bits per heavy atom. The molecule has 8 heteroatoms. The monoisotopic (exact) mass is 380 g/mol. The van der Waals surface area contributed by atoms with E-state index >= 15 is 8.78 Å². The Morgan fingerprint density at radius 2 is 1.52 bits per heavy atom. The van der Waals surface area contributed by atoms with Crippen molar-refractivity contribution < 1.29 is 17.8 Å². The van der Waals surface area contributed by atoms with E-state index in [1.54, 1.807) is 30.3 Å². The van der Waals surface area contributed by atoms with Crippen molar-refractivity contribution in [3.8, 4) is 12.1 Å². The summed E-state index contributed by atoms with van der Waals surface area (Å²) >= 11 is 5.11. The van der Waals surface area contributed by atoms with E-state index in [-0.39, 0.29) is 31.6 Å². The summed E-state index contributed by atoms with van der Waals surface area (Å²) in [6, 6.07) is 14.9.